The molecule has 3 unspecified atom stereocenters. The number of hydrogen-bond acceptors (Lipinski definition) is 2. The summed E-state index contributed by atoms with van der Waals surface area (Å²) in [4.78, 5) is 14.4. The van der Waals surface area contributed by atoms with Crippen LogP contribution in [0.4, 0.5) is 0 Å². The summed E-state index contributed by atoms with van der Waals surface area (Å²) in [6.45, 7) is 7.36. The molecule has 1 aliphatic rings. The van der Waals surface area contributed by atoms with Crippen molar-refractivity contribution in [3.05, 3.63) is 29.8 Å². The van der Waals surface area contributed by atoms with Gasteiger partial charge in [0.05, 0.1) is 6.42 Å². The molecule has 1 aliphatic heterocycles. The van der Waals surface area contributed by atoms with Gasteiger partial charge >= 0.3 is 0 Å². The van der Waals surface area contributed by atoms with Crippen LogP contribution in [0.3, 0.4) is 0 Å². The van der Waals surface area contributed by atoms with Gasteiger partial charge in [0.2, 0.25) is 5.91 Å². The van der Waals surface area contributed by atoms with Crippen LogP contribution in [0, 0.1) is 11.8 Å². The van der Waals surface area contributed by atoms with Gasteiger partial charge in [0.15, 0.2) is 0 Å². The first kappa shape index (κ1) is 13.9. The maximum atomic E-state index is 12.4. The Bertz CT molecular complexity index is 458. The minimum Gasteiger partial charge on any atom is -0.508 e. The van der Waals surface area contributed by atoms with E-state index in [1.807, 2.05) is 17.0 Å². The number of rotatable bonds is 2. The van der Waals surface area contributed by atoms with Crippen LogP contribution in [0.1, 0.15) is 32.8 Å². The number of nitrogens with zero attached hydrogens (tertiary/aromatic N) is 1. The third-order valence-electron chi connectivity index (χ3n) is 4.25. The second kappa shape index (κ2) is 5.64. The monoisotopic (exact) mass is 261 g/mol. The van der Waals surface area contributed by atoms with E-state index in [-0.39, 0.29) is 24.1 Å². The number of phenols is 1. The summed E-state index contributed by atoms with van der Waals surface area (Å²) in [5.74, 6) is 1.42. The highest BCUT2D eigenvalue weighted by Gasteiger charge is 2.31. The Morgan fingerprint density at radius 2 is 2.00 bits per heavy atom. The average Bonchev–Trinajstić information content (AvgIpc) is 2.36. The topological polar surface area (TPSA) is 40.5 Å². The van der Waals surface area contributed by atoms with Crippen molar-refractivity contribution in [2.24, 2.45) is 11.8 Å². The second-order valence-corrected chi connectivity index (χ2v) is 5.91. The molecule has 1 saturated heterocycles. The van der Waals surface area contributed by atoms with Crippen LogP contribution in [0.25, 0.3) is 0 Å². The Morgan fingerprint density at radius 1 is 1.32 bits per heavy atom. The van der Waals surface area contributed by atoms with Crippen molar-refractivity contribution < 1.29 is 9.90 Å². The van der Waals surface area contributed by atoms with Crippen molar-refractivity contribution in [1.29, 1.82) is 0 Å². The van der Waals surface area contributed by atoms with E-state index in [0.29, 0.717) is 17.4 Å². The molecule has 0 aromatic heterocycles. The minimum absolute atomic E-state index is 0.118. The molecule has 19 heavy (non-hydrogen) atoms. The maximum Gasteiger partial charge on any atom is 0.227 e. The van der Waals surface area contributed by atoms with Crippen molar-refractivity contribution in [3.63, 3.8) is 0 Å². The van der Waals surface area contributed by atoms with Gasteiger partial charge in [-0.3, -0.25) is 4.79 Å². The number of benzene rings is 1. The van der Waals surface area contributed by atoms with E-state index in [1.165, 1.54) is 6.42 Å². The zero-order valence-corrected chi connectivity index (χ0v) is 12.0. The number of carbonyl (C=O) groups excluding carboxylic acids is 1. The highest BCUT2D eigenvalue weighted by Crippen LogP contribution is 2.28. The molecule has 3 heteroatoms. The van der Waals surface area contributed by atoms with E-state index in [4.69, 9.17) is 0 Å². The van der Waals surface area contributed by atoms with E-state index in [9.17, 15) is 9.90 Å². The summed E-state index contributed by atoms with van der Waals surface area (Å²) in [6.07, 6.45) is 1.47. The number of amides is 1. The number of carbonyl (C=O) groups is 1. The fraction of sp³-hybridized carbons (Fsp3) is 0.562. The molecule has 3 atom stereocenters. The predicted octanol–water partition coefficient (Wildman–Crippen LogP) is 2.83. The van der Waals surface area contributed by atoms with Gasteiger partial charge in [-0.05, 0) is 31.2 Å². The van der Waals surface area contributed by atoms with Crippen LogP contribution in [0.2, 0.25) is 0 Å². The standard InChI is InChI=1S/C16H23NO2/c1-11-8-12(2)13(3)17(10-11)16(19)9-14-6-4-5-7-15(14)18/h4-7,11-13,18H,8-10H2,1-3H3. The summed E-state index contributed by atoms with van der Waals surface area (Å²) in [5, 5.41) is 9.76. The highest BCUT2D eigenvalue weighted by atomic mass is 16.3. The fourth-order valence-electron chi connectivity index (χ4n) is 2.97. The molecule has 1 heterocycles. The molecule has 1 fully saturated rings. The molecule has 1 aromatic rings. The molecule has 1 N–H and O–H groups in total. The molecule has 2 rings (SSSR count). The number of likely N-dealkylation sites (tertiary alicyclic amines) is 1. The van der Waals surface area contributed by atoms with Crippen LogP contribution in [-0.2, 0) is 11.2 Å². The highest BCUT2D eigenvalue weighted by molar-refractivity contribution is 5.80. The number of phenolic OH excluding ortho intramolecular Hbond substituents is 1. The van der Waals surface area contributed by atoms with E-state index in [0.717, 1.165) is 6.54 Å². The van der Waals surface area contributed by atoms with Gasteiger partial charge in [-0.1, -0.05) is 32.0 Å². The largest absolute Gasteiger partial charge is 0.508 e. The lowest BCUT2D eigenvalue weighted by atomic mass is 9.85. The first-order valence-electron chi connectivity index (χ1n) is 7.05. The first-order chi connectivity index (χ1) is 8.99. The average molecular weight is 261 g/mol. The van der Waals surface area contributed by atoms with Gasteiger partial charge < -0.3 is 10.0 Å². The Hall–Kier alpha value is -1.51. The SMILES string of the molecule is CC1CC(C)C(C)N(C(=O)Cc2ccccc2O)C1. The third kappa shape index (κ3) is 3.09. The first-order valence-corrected chi connectivity index (χ1v) is 7.05. The van der Waals surface area contributed by atoms with E-state index < -0.39 is 0 Å². The molecular formula is C16H23NO2. The molecule has 0 spiro atoms. The van der Waals surface area contributed by atoms with Crippen LogP contribution in [-0.4, -0.2) is 28.5 Å². The Labute approximate surface area is 115 Å². The van der Waals surface area contributed by atoms with Gasteiger partial charge in [0.25, 0.3) is 0 Å². The minimum atomic E-state index is 0.118. The van der Waals surface area contributed by atoms with Crippen LogP contribution >= 0.6 is 0 Å². The molecule has 3 nitrogen and oxygen atoms in total. The Morgan fingerprint density at radius 3 is 2.68 bits per heavy atom. The van der Waals surface area contributed by atoms with Crippen LogP contribution in [0.15, 0.2) is 24.3 Å². The van der Waals surface area contributed by atoms with Crippen molar-refractivity contribution in [1.82, 2.24) is 4.90 Å². The van der Waals surface area contributed by atoms with Gasteiger partial charge in [0, 0.05) is 18.2 Å². The second-order valence-electron chi connectivity index (χ2n) is 5.91. The van der Waals surface area contributed by atoms with Gasteiger partial charge in [0.1, 0.15) is 5.75 Å². The summed E-state index contributed by atoms with van der Waals surface area (Å²) < 4.78 is 0. The Balaban J connectivity index is 2.09. The van der Waals surface area contributed by atoms with Crippen molar-refractivity contribution >= 4 is 5.91 Å². The zero-order valence-electron chi connectivity index (χ0n) is 12.0. The summed E-state index contributed by atoms with van der Waals surface area (Å²) in [7, 11) is 0. The molecule has 0 aliphatic carbocycles. The number of aromatic hydroxyl groups is 1. The van der Waals surface area contributed by atoms with Gasteiger partial charge in [-0.25, -0.2) is 0 Å². The van der Waals surface area contributed by atoms with Crippen LogP contribution < -0.4 is 0 Å². The molecule has 0 bridgehead atoms. The zero-order chi connectivity index (χ0) is 14.0. The van der Waals surface area contributed by atoms with Gasteiger partial charge in [-0.15, -0.1) is 0 Å². The number of piperidine rings is 1. The van der Waals surface area contributed by atoms with Crippen molar-refractivity contribution in [2.45, 2.75) is 39.7 Å². The maximum absolute atomic E-state index is 12.4. The summed E-state index contributed by atoms with van der Waals surface area (Å²) >= 11 is 0. The Kier molecular flexibility index (Phi) is 4.13. The summed E-state index contributed by atoms with van der Waals surface area (Å²) in [6, 6.07) is 7.36. The molecule has 1 amide bonds. The fourth-order valence-corrected chi connectivity index (χ4v) is 2.97. The lowest BCUT2D eigenvalue weighted by Crippen LogP contribution is -2.49. The van der Waals surface area contributed by atoms with Crippen LogP contribution in [0.5, 0.6) is 5.75 Å². The third-order valence-corrected chi connectivity index (χ3v) is 4.25. The van der Waals surface area contributed by atoms with Crippen molar-refractivity contribution in [3.8, 4) is 5.75 Å². The number of para-hydroxylation sites is 1. The van der Waals surface area contributed by atoms with E-state index in [1.54, 1.807) is 12.1 Å². The van der Waals surface area contributed by atoms with Gasteiger partial charge in [-0.2, -0.15) is 0 Å². The molecule has 104 valence electrons. The molecule has 0 radical (unpaired) electrons. The van der Waals surface area contributed by atoms with E-state index in [2.05, 4.69) is 20.8 Å². The van der Waals surface area contributed by atoms with E-state index >= 15 is 0 Å². The predicted molar refractivity (Wildman–Crippen MR) is 75.9 cm³/mol. The smallest absolute Gasteiger partial charge is 0.227 e. The lowest BCUT2D eigenvalue weighted by molar-refractivity contribution is -0.136. The molecular weight excluding hydrogens is 238 g/mol. The molecule has 0 saturated carbocycles. The lowest BCUT2D eigenvalue weighted by Gasteiger charge is -2.41. The van der Waals surface area contributed by atoms with Crippen molar-refractivity contribution in [2.75, 3.05) is 6.54 Å². The quantitative estimate of drug-likeness (QED) is 0.889. The molecule has 1 aromatic carbocycles. The number of hydrogen-bond donors (Lipinski definition) is 1. The normalized spacial score (nSPS) is 27.3. The summed E-state index contributed by atoms with van der Waals surface area (Å²) in [5.41, 5.74) is 0.713.